The molecule has 2 aromatic rings. The van der Waals surface area contributed by atoms with Crippen molar-refractivity contribution in [3.8, 4) is 11.8 Å². The first-order chi connectivity index (χ1) is 10.6. The highest BCUT2D eigenvalue weighted by molar-refractivity contribution is 5.93. The maximum Gasteiger partial charge on any atom is 0.248 e. The summed E-state index contributed by atoms with van der Waals surface area (Å²) in [4.78, 5) is 19.4. The molecule has 6 nitrogen and oxygen atoms in total. The number of nitrogens with one attached hydrogen (secondary N) is 1. The Morgan fingerprint density at radius 2 is 2.05 bits per heavy atom. The van der Waals surface area contributed by atoms with E-state index < -0.39 is 5.91 Å². The maximum atomic E-state index is 11.2. The van der Waals surface area contributed by atoms with E-state index in [2.05, 4.69) is 27.1 Å². The summed E-state index contributed by atoms with van der Waals surface area (Å²) in [5, 5.41) is 11.6. The zero-order chi connectivity index (χ0) is 15.9. The second kappa shape index (κ2) is 7.20. The van der Waals surface area contributed by atoms with Crippen LogP contribution in [-0.2, 0) is 0 Å². The highest BCUT2D eigenvalue weighted by Gasteiger charge is 2.02. The van der Waals surface area contributed by atoms with Gasteiger partial charge in [0.1, 0.15) is 0 Å². The molecule has 1 heterocycles. The number of aryl methyl sites for hydroxylation is 1. The fraction of sp³-hybridized carbons (Fsp3) is 0.188. The fourth-order valence-electron chi connectivity index (χ4n) is 1.70. The number of hydrogen-bond acceptors (Lipinski definition) is 5. The van der Waals surface area contributed by atoms with Crippen LogP contribution in [0.2, 0.25) is 0 Å². The van der Waals surface area contributed by atoms with E-state index in [9.17, 15) is 4.79 Å². The number of anilines is 1. The van der Waals surface area contributed by atoms with Crippen molar-refractivity contribution in [2.45, 2.75) is 6.92 Å². The molecule has 1 amide bonds. The Morgan fingerprint density at radius 3 is 2.68 bits per heavy atom. The van der Waals surface area contributed by atoms with Gasteiger partial charge in [0.25, 0.3) is 0 Å². The number of nitrogens with zero attached hydrogens (tertiary/aromatic N) is 2. The van der Waals surface area contributed by atoms with Crippen molar-refractivity contribution in [3.63, 3.8) is 0 Å². The Hall–Kier alpha value is -2.91. The lowest BCUT2D eigenvalue weighted by Crippen LogP contribution is -2.11. The third-order valence-corrected chi connectivity index (χ3v) is 2.91. The molecule has 0 spiro atoms. The average Bonchev–Trinajstić information content (AvgIpc) is 2.53. The van der Waals surface area contributed by atoms with Crippen LogP contribution in [-0.4, -0.2) is 34.1 Å². The van der Waals surface area contributed by atoms with Crippen LogP contribution in [0.15, 0.2) is 30.6 Å². The van der Waals surface area contributed by atoms with Crippen LogP contribution in [0.3, 0.4) is 0 Å². The Balaban J connectivity index is 2.19. The van der Waals surface area contributed by atoms with E-state index in [1.807, 2.05) is 13.0 Å². The molecule has 0 radical (unpaired) electrons. The highest BCUT2D eigenvalue weighted by atomic mass is 16.3. The van der Waals surface area contributed by atoms with Gasteiger partial charge in [-0.3, -0.25) is 4.79 Å². The van der Waals surface area contributed by atoms with Crippen LogP contribution in [0.1, 0.15) is 27.0 Å². The van der Waals surface area contributed by atoms with Crippen molar-refractivity contribution in [1.82, 2.24) is 9.97 Å². The third kappa shape index (κ3) is 4.04. The van der Waals surface area contributed by atoms with Gasteiger partial charge in [-0.25, -0.2) is 9.97 Å². The van der Waals surface area contributed by atoms with Crippen LogP contribution in [0.25, 0.3) is 0 Å². The molecule has 0 aliphatic heterocycles. The number of benzene rings is 1. The minimum atomic E-state index is -0.481. The predicted molar refractivity (Wildman–Crippen MR) is 83.3 cm³/mol. The second-order valence-corrected chi connectivity index (χ2v) is 4.59. The van der Waals surface area contributed by atoms with Crippen molar-refractivity contribution in [3.05, 3.63) is 52.8 Å². The van der Waals surface area contributed by atoms with Gasteiger partial charge in [0.15, 0.2) is 0 Å². The Morgan fingerprint density at radius 1 is 1.32 bits per heavy atom. The molecular weight excluding hydrogens is 280 g/mol. The molecule has 0 bridgehead atoms. The molecule has 112 valence electrons. The summed E-state index contributed by atoms with van der Waals surface area (Å²) in [6, 6.07) is 5.15. The lowest BCUT2D eigenvalue weighted by molar-refractivity contribution is 0.1000. The fourth-order valence-corrected chi connectivity index (χ4v) is 1.70. The van der Waals surface area contributed by atoms with E-state index in [0.29, 0.717) is 23.6 Å². The SMILES string of the molecule is Cc1ccc(C(N)=O)cc1C#Cc1cnc(NCCO)nc1. The normalized spacial score (nSPS) is 9.73. The molecule has 2 rings (SSSR count). The number of primary amides is 1. The minimum Gasteiger partial charge on any atom is -0.395 e. The van der Waals surface area contributed by atoms with Crippen molar-refractivity contribution < 1.29 is 9.90 Å². The van der Waals surface area contributed by atoms with Crippen molar-refractivity contribution in [2.24, 2.45) is 5.73 Å². The van der Waals surface area contributed by atoms with Gasteiger partial charge in [0.05, 0.1) is 12.2 Å². The molecule has 1 aromatic carbocycles. The maximum absolute atomic E-state index is 11.2. The molecule has 0 aliphatic carbocycles. The second-order valence-electron chi connectivity index (χ2n) is 4.59. The molecule has 0 saturated carbocycles. The topological polar surface area (TPSA) is 101 Å². The number of nitrogens with two attached hydrogens (primary N) is 1. The molecular formula is C16H16N4O2. The minimum absolute atomic E-state index is 0.0143. The zero-order valence-corrected chi connectivity index (χ0v) is 12.1. The van der Waals surface area contributed by atoms with E-state index in [0.717, 1.165) is 11.1 Å². The summed E-state index contributed by atoms with van der Waals surface area (Å²) < 4.78 is 0. The van der Waals surface area contributed by atoms with Crippen LogP contribution in [0.5, 0.6) is 0 Å². The van der Waals surface area contributed by atoms with Gasteiger partial charge in [0.2, 0.25) is 11.9 Å². The van der Waals surface area contributed by atoms with E-state index in [-0.39, 0.29) is 6.61 Å². The largest absolute Gasteiger partial charge is 0.395 e. The first-order valence-corrected chi connectivity index (χ1v) is 6.69. The standard InChI is InChI=1S/C16H16N4O2/c1-11-2-4-14(15(17)22)8-13(11)5-3-12-9-19-16(20-10-12)18-6-7-21/h2,4,8-10,21H,6-7H2,1H3,(H2,17,22)(H,18,19,20). The number of aromatic nitrogens is 2. The molecule has 0 aliphatic rings. The van der Waals surface area contributed by atoms with Crippen molar-refractivity contribution in [1.29, 1.82) is 0 Å². The predicted octanol–water partition coefficient (Wildman–Crippen LogP) is 0.688. The van der Waals surface area contributed by atoms with Crippen LogP contribution in [0, 0.1) is 18.8 Å². The number of amides is 1. The van der Waals surface area contributed by atoms with E-state index in [1.165, 1.54) is 0 Å². The molecule has 1 aromatic heterocycles. The third-order valence-electron chi connectivity index (χ3n) is 2.91. The van der Waals surface area contributed by atoms with Gasteiger partial charge in [-0.1, -0.05) is 17.9 Å². The van der Waals surface area contributed by atoms with Crippen LogP contribution < -0.4 is 11.1 Å². The monoisotopic (exact) mass is 296 g/mol. The summed E-state index contributed by atoms with van der Waals surface area (Å²) in [6.07, 6.45) is 3.18. The van der Waals surface area contributed by atoms with Gasteiger partial charge in [-0.05, 0) is 24.6 Å². The quantitative estimate of drug-likeness (QED) is 0.721. The highest BCUT2D eigenvalue weighted by Crippen LogP contribution is 2.10. The number of carbonyl (C=O) groups excluding carboxylic acids is 1. The molecule has 4 N–H and O–H groups in total. The van der Waals surface area contributed by atoms with Crippen molar-refractivity contribution >= 4 is 11.9 Å². The van der Waals surface area contributed by atoms with E-state index >= 15 is 0 Å². The molecule has 0 atom stereocenters. The molecule has 6 heteroatoms. The summed E-state index contributed by atoms with van der Waals surface area (Å²) in [6.45, 7) is 2.32. The van der Waals surface area contributed by atoms with Gasteiger partial charge in [0, 0.05) is 30.1 Å². The smallest absolute Gasteiger partial charge is 0.248 e. The lowest BCUT2D eigenvalue weighted by Gasteiger charge is -2.01. The number of aliphatic hydroxyl groups is 1. The molecule has 0 saturated heterocycles. The summed E-state index contributed by atoms with van der Waals surface area (Å²) >= 11 is 0. The number of aliphatic hydroxyl groups excluding tert-OH is 1. The Bertz CT molecular complexity index is 730. The number of rotatable bonds is 4. The summed E-state index contributed by atoms with van der Waals surface area (Å²) in [5.41, 5.74) is 8.03. The van der Waals surface area contributed by atoms with Gasteiger partial charge >= 0.3 is 0 Å². The lowest BCUT2D eigenvalue weighted by atomic mass is 10.0. The molecule has 22 heavy (non-hydrogen) atoms. The Kier molecular flexibility index (Phi) is 5.07. The van der Waals surface area contributed by atoms with Gasteiger partial charge in [-0.15, -0.1) is 0 Å². The number of carbonyl (C=O) groups is 1. The van der Waals surface area contributed by atoms with Crippen molar-refractivity contribution in [2.75, 3.05) is 18.5 Å². The van der Waals surface area contributed by atoms with Crippen LogP contribution >= 0.6 is 0 Å². The van der Waals surface area contributed by atoms with Gasteiger partial charge < -0.3 is 16.2 Å². The number of hydrogen-bond donors (Lipinski definition) is 3. The van der Waals surface area contributed by atoms with E-state index in [1.54, 1.807) is 24.5 Å². The Labute approximate surface area is 128 Å². The molecule has 0 unspecified atom stereocenters. The molecule has 0 fully saturated rings. The first kappa shape index (κ1) is 15.5. The first-order valence-electron chi connectivity index (χ1n) is 6.69. The summed E-state index contributed by atoms with van der Waals surface area (Å²) in [5.74, 6) is 5.89. The summed E-state index contributed by atoms with van der Waals surface area (Å²) in [7, 11) is 0. The zero-order valence-electron chi connectivity index (χ0n) is 12.1. The van der Waals surface area contributed by atoms with Crippen LogP contribution in [0.4, 0.5) is 5.95 Å². The van der Waals surface area contributed by atoms with E-state index in [4.69, 9.17) is 10.8 Å². The average molecular weight is 296 g/mol. The van der Waals surface area contributed by atoms with Gasteiger partial charge in [-0.2, -0.15) is 0 Å².